The minimum absolute atomic E-state index is 0.772. The third-order valence-corrected chi connectivity index (χ3v) is 6.65. The van der Waals surface area contributed by atoms with Crippen molar-refractivity contribution in [2.75, 3.05) is 6.54 Å². The van der Waals surface area contributed by atoms with Gasteiger partial charge < -0.3 is 5.32 Å². The summed E-state index contributed by atoms with van der Waals surface area (Å²) < 4.78 is 0. The molecule has 4 unspecified atom stereocenters. The molecule has 0 radical (unpaired) electrons. The lowest BCUT2D eigenvalue weighted by atomic mass is 9.83. The van der Waals surface area contributed by atoms with Crippen molar-refractivity contribution in [3.8, 4) is 0 Å². The van der Waals surface area contributed by atoms with Crippen LogP contribution in [-0.4, -0.2) is 12.6 Å². The standard InChI is InChI=1S/C19H31NS/c1-2-10-20-18(5-3-6-19-7-4-11-21-19)14-17-13-15-8-9-16(17)12-15/h4,7,11,15-18,20H,2-3,5-6,8-10,12-14H2,1H3. The Bertz CT molecular complexity index is 400. The zero-order chi connectivity index (χ0) is 14.5. The van der Waals surface area contributed by atoms with Gasteiger partial charge in [-0.2, -0.15) is 0 Å². The summed E-state index contributed by atoms with van der Waals surface area (Å²) in [6.07, 6.45) is 12.9. The zero-order valence-corrected chi connectivity index (χ0v) is 14.3. The summed E-state index contributed by atoms with van der Waals surface area (Å²) in [6, 6.07) is 5.24. The van der Waals surface area contributed by atoms with Crippen LogP contribution in [-0.2, 0) is 6.42 Å². The van der Waals surface area contributed by atoms with E-state index in [-0.39, 0.29) is 0 Å². The molecule has 0 amide bonds. The molecule has 0 aromatic carbocycles. The molecule has 1 N–H and O–H groups in total. The second kappa shape index (κ2) is 7.78. The summed E-state index contributed by atoms with van der Waals surface area (Å²) >= 11 is 1.91. The van der Waals surface area contributed by atoms with Crippen molar-refractivity contribution in [3.63, 3.8) is 0 Å². The van der Waals surface area contributed by atoms with E-state index in [4.69, 9.17) is 0 Å². The van der Waals surface area contributed by atoms with Gasteiger partial charge in [-0.15, -0.1) is 11.3 Å². The first-order valence-electron chi connectivity index (χ1n) is 9.11. The van der Waals surface area contributed by atoms with Crippen molar-refractivity contribution in [1.82, 2.24) is 5.32 Å². The predicted octanol–water partition coefficient (Wildman–Crippen LogP) is 5.27. The smallest absolute Gasteiger partial charge is 0.00699 e. The molecule has 0 aliphatic heterocycles. The summed E-state index contributed by atoms with van der Waals surface area (Å²) in [4.78, 5) is 1.56. The fourth-order valence-corrected chi connectivity index (χ4v) is 5.41. The minimum atomic E-state index is 0.772. The highest BCUT2D eigenvalue weighted by Crippen LogP contribution is 2.50. The molecule has 0 spiro atoms. The van der Waals surface area contributed by atoms with Crippen LogP contribution in [0.5, 0.6) is 0 Å². The maximum atomic E-state index is 3.84. The molecule has 2 aliphatic rings. The lowest BCUT2D eigenvalue weighted by Gasteiger charge is -2.27. The maximum absolute atomic E-state index is 3.84. The molecular formula is C19H31NS. The minimum Gasteiger partial charge on any atom is -0.314 e. The summed E-state index contributed by atoms with van der Waals surface area (Å²) in [5.74, 6) is 3.22. The molecule has 21 heavy (non-hydrogen) atoms. The third kappa shape index (κ3) is 4.32. The molecule has 3 rings (SSSR count). The Hall–Kier alpha value is -0.340. The highest BCUT2D eigenvalue weighted by molar-refractivity contribution is 7.09. The number of hydrogen-bond donors (Lipinski definition) is 1. The van der Waals surface area contributed by atoms with Crippen LogP contribution >= 0.6 is 11.3 Å². The summed E-state index contributed by atoms with van der Waals surface area (Å²) in [5.41, 5.74) is 0. The van der Waals surface area contributed by atoms with Crippen LogP contribution in [0.3, 0.4) is 0 Å². The van der Waals surface area contributed by atoms with E-state index in [1.54, 1.807) is 17.7 Å². The van der Waals surface area contributed by atoms with Gasteiger partial charge in [-0.3, -0.25) is 0 Å². The van der Waals surface area contributed by atoms with Crippen molar-refractivity contribution in [2.45, 2.75) is 70.8 Å². The molecule has 2 fully saturated rings. The number of fused-ring (bicyclic) bond motifs is 2. The van der Waals surface area contributed by atoms with Gasteiger partial charge in [0.1, 0.15) is 0 Å². The topological polar surface area (TPSA) is 12.0 Å². The van der Waals surface area contributed by atoms with Gasteiger partial charge in [0, 0.05) is 10.9 Å². The fourth-order valence-electron chi connectivity index (χ4n) is 4.66. The van der Waals surface area contributed by atoms with Gasteiger partial charge in [0.15, 0.2) is 0 Å². The summed E-state index contributed by atoms with van der Waals surface area (Å²) in [6.45, 7) is 3.48. The van der Waals surface area contributed by atoms with Crippen LogP contribution in [0.2, 0.25) is 0 Å². The van der Waals surface area contributed by atoms with Crippen LogP contribution in [0.15, 0.2) is 17.5 Å². The largest absolute Gasteiger partial charge is 0.314 e. The second-order valence-corrected chi connectivity index (χ2v) is 8.33. The Morgan fingerprint density at radius 3 is 2.95 bits per heavy atom. The Balaban J connectivity index is 1.44. The van der Waals surface area contributed by atoms with E-state index in [1.807, 2.05) is 11.3 Å². The fraction of sp³-hybridized carbons (Fsp3) is 0.789. The van der Waals surface area contributed by atoms with Gasteiger partial charge in [-0.25, -0.2) is 0 Å². The average molecular weight is 306 g/mol. The predicted molar refractivity (Wildman–Crippen MR) is 92.9 cm³/mol. The average Bonchev–Trinajstić information content (AvgIpc) is 3.21. The van der Waals surface area contributed by atoms with Gasteiger partial charge in [-0.05, 0) is 87.1 Å². The lowest BCUT2D eigenvalue weighted by Crippen LogP contribution is -2.33. The van der Waals surface area contributed by atoms with Gasteiger partial charge in [-0.1, -0.05) is 19.4 Å². The third-order valence-electron chi connectivity index (χ3n) is 5.71. The molecule has 1 heterocycles. The van der Waals surface area contributed by atoms with Crippen molar-refractivity contribution in [2.24, 2.45) is 17.8 Å². The van der Waals surface area contributed by atoms with E-state index in [9.17, 15) is 0 Å². The number of nitrogens with one attached hydrogen (secondary N) is 1. The number of thiophene rings is 1. The number of rotatable bonds is 9. The van der Waals surface area contributed by atoms with Gasteiger partial charge in [0.25, 0.3) is 0 Å². The van der Waals surface area contributed by atoms with Crippen molar-refractivity contribution < 1.29 is 0 Å². The van der Waals surface area contributed by atoms with Crippen LogP contribution in [0.25, 0.3) is 0 Å². The number of hydrogen-bond acceptors (Lipinski definition) is 2. The van der Waals surface area contributed by atoms with Crippen LogP contribution in [0, 0.1) is 17.8 Å². The van der Waals surface area contributed by atoms with Crippen molar-refractivity contribution in [3.05, 3.63) is 22.4 Å². The van der Waals surface area contributed by atoms with Gasteiger partial charge >= 0.3 is 0 Å². The second-order valence-electron chi connectivity index (χ2n) is 7.29. The first-order valence-corrected chi connectivity index (χ1v) is 9.99. The van der Waals surface area contributed by atoms with Gasteiger partial charge in [0.2, 0.25) is 0 Å². The highest BCUT2D eigenvalue weighted by atomic mass is 32.1. The quantitative estimate of drug-likeness (QED) is 0.655. The van der Waals surface area contributed by atoms with Gasteiger partial charge in [0.05, 0.1) is 0 Å². The molecule has 1 nitrogen and oxygen atoms in total. The first kappa shape index (κ1) is 15.6. The lowest BCUT2D eigenvalue weighted by molar-refractivity contribution is 0.270. The molecule has 1 aromatic heterocycles. The molecule has 2 aliphatic carbocycles. The van der Waals surface area contributed by atoms with Crippen LogP contribution in [0.1, 0.15) is 63.2 Å². The van der Waals surface area contributed by atoms with E-state index >= 15 is 0 Å². The van der Waals surface area contributed by atoms with Crippen molar-refractivity contribution >= 4 is 11.3 Å². The van der Waals surface area contributed by atoms with E-state index in [0.717, 1.165) is 23.8 Å². The zero-order valence-electron chi connectivity index (χ0n) is 13.5. The van der Waals surface area contributed by atoms with Crippen molar-refractivity contribution in [1.29, 1.82) is 0 Å². The monoisotopic (exact) mass is 305 g/mol. The van der Waals surface area contributed by atoms with E-state index < -0.39 is 0 Å². The number of aryl methyl sites for hydroxylation is 1. The summed E-state index contributed by atoms with van der Waals surface area (Å²) in [7, 11) is 0. The molecular weight excluding hydrogens is 274 g/mol. The summed E-state index contributed by atoms with van der Waals surface area (Å²) in [5, 5.41) is 6.05. The van der Waals surface area contributed by atoms with E-state index in [1.165, 1.54) is 51.5 Å². The first-order chi connectivity index (χ1) is 10.3. The maximum Gasteiger partial charge on any atom is 0.00699 e. The molecule has 2 bridgehead atoms. The molecule has 2 heteroatoms. The molecule has 1 aromatic rings. The Labute approximate surface area is 134 Å². The Kier molecular flexibility index (Phi) is 5.76. The SMILES string of the molecule is CCCNC(CCCc1cccs1)CC1CC2CCC1C2. The van der Waals surface area contributed by atoms with E-state index in [2.05, 4.69) is 29.8 Å². The molecule has 118 valence electrons. The highest BCUT2D eigenvalue weighted by Gasteiger charge is 2.39. The van der Waals surface area contributed by atoms with Crippen LogP contribution in [0.4, 0.5) is 0 Å². The van der Waals surface area contributed by atoms with Crippen LogP contribution < -0.4 is 5.32 Å². The Morgan fingerprint density at radius 2 is 2.29 bits per heavy atom. The molecule has 0 saturated heterocycles. The van der Waals surface area contributed by atoms with E-state index in [0.29, 0.717) is 0 Å². The molecule has 2 saturated carbocycles. The normalized spacial score (nSPS) is 29.1. The Morgan fingerprint density at radius 1 is 1.33 bits per heavy atom. The molecule has 4 atom stereocenters.